The number of benzene rings is 1. The topological polar surface area (TPSA) is 631 Å². The van der Waals surface area contributed by atoms with Crippen molar-refractivity contribution in [2.45, 2.75) is 198 Å². The van der Waals surface area contributed by atoms with Crippen LogP contribution in [-0.4, -0.2) is 267 Å². The number of aryl methyl sites for hydroxylation is 1. The number of rotatable bonds is 24. The number of fused-ring (bicyclic) bond motifs is 4. The Kier molecular flexibility index (Phi) is 25.8. The normalized spacial score (nSPS) is 29.4. The second-order valence-corrected chi connectivity index (χ2v) is 41.8. The summed E-state index contributed by atoms with van der Waals surface area (Å²) in [6.45, 7) is 5.20. The zero-order valence-corrected chi connectivity index (χ0v) is 65.5. The van der Waals surface area contributed by atoms with Crippen LogP contribution in [0.4, 0.5) is 17.5 Å². The van der Waals surface area contributed by atoms with Crippen molar-refractivity contribution >= 4 is 138 Å². The molecule has 1 aromatic carbocycles. The fraction of sp³-hybridized carbons (Fsp3) is 0.644. The van der Waals surface area contributed by atoms with Crippen molar-refractivity contribution in [1.29, 1.82) is 0 Å². The quantitative estimate of drug-likeness (QED) is 0.0298. The predicted molar refractivity (Wildman–Crippen MR) is 389 cm³/mol. The van der Waals surface area contributed by atoms with Crippen LogP contribution in [0.5, 0.6) is 0 Å². The van der Waals surface area contributed by atoms with Crippen LogP contribution >= 0.6 is 57.6 Å². The zero-order chi connectivity index (χ0) is 79.7. The van der Waals surface area contributed by atoms with Gasteiger partial charge in [-0.1, -0.05) is 57.9 Å². The van der Waals surface area contributed by atoms with Gasteiger partial charge in [0, 0.05) is 12.1 Å². The van der Waals surface area contributed by atoms with Crippen molar-refractivity contribution in [2.75, 3.05) is 39.8 Å². The summed E-state index contributed by atoms with van der Waals surface area (Å²) >= 11 is 18.5. The number of halogens is 3. The molecule has 3 aliphatic carbocycles. The predicted octanol–water partition coefficient (Wildman–Crippen LogP) is 1.14. The van der Waals surface area contributed by atoms with E-state index in [-0.39, 0.29) is 57.3 Å². The van der Waals surface area contributed by atoms with Crippen molar-refractivity contribution in [1.82, 2.24) is 59.2 Å². The number of sulfone groups is 3. The van der Waals surface area contributed by atoms with E-state index in [1.165, 1.54) is 35.8 Å². The molecule has 9 unspecified atom stereocenters. The van der Waals surface area contributed by atoms with E-state index in [9.17, 15) is 109 Å². The summed E-state index contributed by atoms with van der Waals surface area (Å²) in [5, 5.41) is 106. The molecule has 109 heavy (non-hydrogen) atoms. The molecule has 50 heteroatoms. The second-order valence-electron chi connectivity index (χ2n) is 27.8. The van der Waals surface area contributed by atoms with Crippen molar-refractivity contribution in [3.05, 3.63) is 69.8 Å². The average Bonchev–Trinajstić information content (AvgIpc) is 1.63. The van der Waals surface area contributed by atoms with E-state index < -0.39 is 171 Å². The highest BCUT2D eigenvalue weighted by molar-refractivity contribution is 7.99. The van der Waals surface area contributed by atoms with Crippen LogP contribution in [-0.2, 0) is 63.8 Å². The maximum absolute atomic E-state index is 12.7. The molecule has 6 aromatic heterocycles. The summed E-state index contributed by atoms with van der Waals surface area (Å²) in [5.74, 6) is -0.898. The smallest absolute Gasteiger partial charge is 0.346 e. The molecule has 2 saturated carbocycles. The molecule has 0 bridgehead atoms. The Morgan fingerprint density at radius 1 is 0.523 bits per heavy atom. The lowest BCUT2D eigenvalue weighted by atomic mass is 10.1. The molecular formula is C59H83Cl3N15O26P3S3. The maximum Gasteiger partial charge on any atom is 0.346 e. The van der Waals surface area contributed by atoms with Gasteiger partial charge in [-0.05, 0) is 110 Å². The minimum Gasteiger partial charge on any atom is -0.394 e. The molecule has 3 aliphatic heterocycles. The van der Waals surface area contributed by atoms with E-state index in [1.807, 2.05) is 18.2 Å². The van der Waals surface area contributed by atoms with E-state index >= 15 is 0 Å². The molecule has 41 nitrogen and oxygen atoms in total. The molecule has 3 saturated heterocycles. The summed E-state index contributed by atoms with van der Waals surface area (Å²) in [7, 11) is -29.2. The van der Waals surface area contributed by atoms with Crippen molar-refractivity contribution in [3.63, 3.8) is 0 Å². The van der Waals surface area contributed by atoms with Gasteiger partial charge in [0.2, 0.25) is 15.9 Å². The van der Waals surface area contributed by atoms with Crippen molar-refractivity contribution < 1.29 is 123 Å². The number of aliphatic hydroxyl groups is 8. The molecule has 7 aromatic rings. The second kappa shape index (κ2) is 33.1. The van der Waals surface area contributed by atoms with Crippen LogP contribution in [0.15, 0.2) is 42.9 Å². The molecular weight excluding hydrogens is 1630 g/mol. The number of aliphatic hydroxyl groups excluding tert-OH is 8. The molecule has 0 amide bonds. The SMILES string of the molecule is CC(O)C(P(=O)(O)O)S(=O)(=O)C[C@H]1O[C@@H](n2ncc3c(NC4CCCC4C)nc(Cl)nc32)[C@H](O)[C@@H]1O.CCC(P(=O)(O)O)S(=O)(=O)C[C@H]1O[C@@H](n2ncc3c(NC4CCCC4C)nc(Cl)nc32)[C@H](O)[C@@H]1O.O=P(O)(O)C(CO)S(=O)(=O)C[C@H]1O[C@@H](n2ncc3c(NC4CCc5ccccc54)nc(Cl)nc32)[C@H](O)[C@@H]1O. The Morgan fingerprint density at radius 3 is 1.23 bits per heavy atom. The first-order chi connectivity index (χ1) is 50.9. The molecule has 0 radical (unpaired) electrons. The van der Waals surface area contributed by atoms with Crippen LogP contribution in [0, 0.1) is 11.8 Å². The fourth-order valence-corrected chi connectivity index (χ4v) is 26.4. The molecule has 5 fully saturated rings. The Labute approximate surface area is 636 Å². The Morgan fingerprint density at radius 2 is 0.890 bits per heavy atom. The maximum atomic E-state index is 12.7. The molecule has 9 heterocycles. The monoisotopic (exact) mass is 1710 g/mol. The highest BCUT2D eigenvalue weighted by atomic mass is 35.5. The summed E-state index contributed by atoms with van der Waals surface area (Å²) < 4.78 is 131. The van der Waals surface area contributed by atoms with E-state index in [0.29, 0.717) is 45.4 Å². The lowest BCUT2D eigenvalue weighted by Crippen LogP contribution is -2.41. The number of aromatic nitrogens is 12. The third-order valence-electron chi connectivity index (χ3n) is 20.2. The highest BCUT2D eigenvalue weighted by Gasteiger charge is 2.54. The minimum atomic E-state index is -5.26. The van der Waals surface area contributed by atoms with Crippen LogP contribution in [0.25, 0.3) is 33.1 Å². The summed E-state index contributed by atoms with van der Waals surface area (Å²) in [6, 6.07) is 8.32. The van der Waals surface area contributed by atoms with Gasteiger partial charge in [0.05, 0.1) is 70.8 Å². The van der Waals surface area contributed by atoms with E-state index in [1.54, 1.807) is 0 Å². The fourth-order valence-electron chi connectivity index (χ4n) is 14.7. The minimum absolute atomic E-state index is 0.0399. The van der Waals surface area contributed by atoms with E-state index in [2.05, 4.69) is 81.1 Å². The van der Waals surface area contributed by atoms with Crippen LogP contribution in [0.1, 0.15) is 115 Å². The van der Waals surface area contributed by atoms with E-state index in [0.717, 1.165) is 73.2 Å². The third kappa shape index (κ3) is 18.1. The number of ether oxygens (including phenoxy) is 3. The van der Waals surface area contributed by atoms with Gasteiger partial charge in [-0.2, -0.15) is 45.2 Å². The van der Waals surface area contributed by atoms with Gasteiger partial charge in [-0.3, -0.25) is 13.7 Å². The molecule has 6 aliphatic rings. The first-order valence-corrected chi connectivity index (χ1v) is 45.5. The summed E-state index contributed by atoms with van der Waals surface area (Å²) in [5.41, 5.74) is 2.86. The Hall–Kier alpha value is -5.00. The molecule has 604 valence electrons. The zero-order valence-electron chi connectivity index (χ0n) is 58.1. The molecule has 13 rings (SSSR count). The van der Waals surface area contributed by atoms with Gasteiger partial charge in [0.1, 0.15) is 72.4 Å². The van der Waals surface area contributed by atoms with E-state index in [4.69, 9.17) is 49.0 Å². The van der Waals surface area contributed by atoms with Gasteiger partial charge in [0.15, 0.2) is 80.1 Å². The lowest BCUT2D eigenvalue weighted by molar-refractivity contribution is -0.0365. The highest BCUT2D eigenvalue weighted by Crippen LogP contribution is 2.50. The molecule has 0 spiro atoms. The Balaban J connectivity index is 0.000000163. The number of anilines is 3. The largest absolute Gasteiger partial charge is 0.394 e. The molecule has 17 N–H and O–H groups in total. The van der Waals surface area contributed by atoms with Crippen LogP contribution in [0.2, 0.25) is 15.9 Å². The van der Waals surface area contributed by atoms with Crippen molar-refractivity contribution in [2.24, 2.45) is 11.8 Å². The van der Waals surface area contributed by atoms with Gasteiger partial charge >= 0.3 is 22.8 Å². The average molecular weight is 1710 g/mol. The van der Waals surface area contributed by atoms with Gasteiger partial charge in [-0.25, -0.2) is 39.3 Å². The summed E-state index contributed by atoms with van der Waals surface area (Å²) in [6.07, 6.45) is -8.75. The number of hydrogen-bond acceptors (Lipinski definition) is 32. The van der Waals surface area contributed by atoms with Crippen LogP contribution < -0.4 is 16.0 Å². The third-order valence-corrected chi connectivity index (χ3v) is 34.9. The van der Waals surface area contributed by atoms with Gasteiger partial charge in [-0.15, -0.1) is 0 Å². The first kappa shape index (κ1) is 84.9. The Bertz CT molecular complexity index is 4990. The number of nitrogens with one attached hydrogen (secondary N) is 3. The number of hydrogen-bond donors (Lipinski definition) is 17. The standard InChI is InChI=1S/C21H25ClN5O9PS.C19H29ClN5O9PS.C19H29ClN5O8PS/c22-21-25-18(24-13-6-5-10-3-1-2-4-11(10)13)12-7-23-27(19(12)26-21)20-17(30)16(29)14(36-20)9-38(34,35)15(8-28)37(31,32)33;1-8-4-3-5-11(8)22-15-10-6-21-25(16(10)24-19(20)23-15)17-14(28)13(27)12(34-17)7-36(32,33)18(9(2)26)35(29,30)31;1-3-13(34(28,29)30)35(31,32)8-12-14(26)15(27)18(33-12)25-17-10(7-21-25)16(23-19(20)24-17)22-11-6-4-5-9(11)2/h1-4,7,13-17,20,28-30H,5-6,8-9H2,(H,24,25,26)(H2,31,32,33);6,8-9,11-14,17-18,26-28H,3-5,7H2,1-2H3,(H,22,23,24)(H2,29,30,31);7,9,11-15,18,26-27H,3-6,8H2,1-2H3,(H,22,23,24)(H2,28,29,30)/t13?,14-,15?,16-,17-,20-;8?,9?,11?,12-,13-,14-,17-,18?;9?,11?,12-,13?,14-,15-,18-/m111/s1. The summed E-state index contributed by atoms with van der Waals surface area (Å²) in [4.78, 5) is 74.9. The lowest BCUT2D eigenvalue weighted by Gasteiger charge is -2.23. The van der Waals surface area contributed by atoms with Gasteiger partial charge in [0.25, 0.3) is 0 Å². The number of nitrogens with zero attached hydrogens (tertiary/aromatic N) is 12. The van der Waals surface area contributed by atoms with Crippen LogP contribution in [0.3, 0.4) is 0 Å². The van der Waals surface area contributed by atoms with Crippen molar-refractivity contribution in [3.8, 4) is 0 Å². The molecule has 21 atom stereocenters. The van der Waals surface area contributed by atoms with Gasteiger partial charge < -0.3 is 100 Å². The first-order valence-electron chi connectivity index (χ1n) is 34.2.